The van der Waals surface area contributed by atoms with Gasteiger partial charge in [0.25, 0.3) is 0 Å². The molecule has 5 rings (SSSR count). The second-order valence-corrected chi connectivity index (χ2v) is 7.09. The van der Waals surface area contributed by atoms with Gasteiger partial charge >= 0.3 is 11.9 Å². The fourth-order valence-electron chi connectivity index (χ4n) is 4.41. The monoisotopic (exact) mass is 384 g/mol. The van der Waals surface area contributed by atoms with Crippen molar-refractivity contribution < 1.29 is 38.7 Å². The van der Waals surface area contributed by atoms with Gasteiger partial charge < -0.3 is 29.2 Å². The number of carbonyl (C=O) groups is 2. The maximum Gasteiger partial charge on any atom is 0.337 e. The van der Waals surface area contributed by atoms with Gasteiger partial charge in [-0.1, -0.05) is 12.1 Å². The third kappa shape index (κ3) is 2.09. The minimum Gasteiger partial charge on any atom is -0.504 e. The second-order valence-electron chi connectivity index (χ2n) is 7.09. The van der Waals surface area contributed by atoms with Gasteiger partial charge in [0.2, 0.25) is 6.29 Å². The molecule has 1 aromatic carbocycles. The number of aromatic hydroxyl groups is 2. The van der Waals surface area contributed by atoms with Crippen molar-refractivity contribution in [3.8, 4) is 11.5 Å². The van der Waals surface area contributed by atoms with Gasteiger partial charge in [0.1, 0.15) is 6.10 Å². The Morgan fingerprint density at radius 1 is 1.29 bits per heavy atom. The number of hydrogen-bond acceptors (Lipinski definition) is 8. The number of methoxy groups -OCH3 is 1. The third-order valence-corrected chi connectivity index (χ3v) is 5.66. The summed E-state index contributed by atoms with van der Waals surface area (Å²) in [4.78, 5) is 24.7. The van der Waals surface area contributed by atoms with Crippen LogP contribution in [0.25, 0.3) is 6.08 Å². The Kier molecular flexibility index (Phi) is 3.39. The largest absolute Gasteiger partial charge is 0.504 e. The molecule has 2 saturated heterocycles. The number of rotatable bonds is 2. The smallest absolute Gasteiger partial charge is 0.337 e. The molecule has 2 fully saturated rings. The molecular weight excluding hydrogens is 368 g/mol. The predicted octanol–water partition coefficient (Wildman–Crippen LogP) is 1.39. The van der Waals surface area contributed by atoms with Crippen molar-refractivity contribution in [3.05, 3.63) is 53.3 Å². The van der Waals surface area contributed by atoms with E-state index in [1.54, 1.807) is 18.2 Å². The van der Waals surface area contributed by atoms with Gasteiger partial charge in [-0.15, -0.1) is 0 Å². The zero-order valence-corrected chi connectivity index (χ0v) is 14.7. The van der Waals surface area contributed by atoms with Gasteiger partial charge in [-0.3, -0.25) is 0 Å². The molecule has 8 nitrogen and oxygen atoms in total. The van der Waals surface area contributed by atoms with E-state index in [-0.39, 0.29) is 23.0 Å². The molecule has 8 heteroatoms. The number of esters is 2. The van der Waals surface area contributed by atoms with Gasteiger partial charge in [0, 0.05) is 5.92 Å². The molecule has 28 heavy (non-hydrogen) atoms. The summed E-state index contributed by atoms with van der Waals surface area (Å²) in [6, 6.07) is 4.22. The Morgan fingerprint density at radius 3 is 2.86 bits per heavy atom. The molecule has 0 unspecified atom stereocenters. The molecule has 4 aliphatic rings. The van der Waals surface area contributed by atoms with E-state index in [9.17, 15) is 19.8 Å². The highest BCUT2D eigenvalue weighted by Crippen LogP contribution is 2.58. The molecule has 0 saturated carbocycles. The Hall–Kier alpha value is -3.26. The highest BCUT2D eigenvalue weighted by molar-refractivity contribution is 5.99. The van der Waals surface area contributed by atoms with Crippen molar-refractivity contribution in [1.29, 1.82) is 0 Å². The van der Waals surface area contributed by atoms with Crippen LogP contribution in [0.5, 0.6) is 11.5 Å². The van der Waals surface area contributed by atoms with E-state index < -0.39 is 35.9 Å². The quantitative estimate of drug-likeness (QED) is 0.341. The summed E-state index contributed by atoms with van der Waals surface area (Å²) in [5.74, 6) is -2.36. The topological polar surface area (TPSA) is 112 Å². The number of benzene rings is 1. The number of ether oxygens (including phenoxy) is 4. The first-order valence-corrected chi connectivity index (χ1v) is 8.70. The minimum absolute atomic E-state index is 0.257. The fraction of sp³-hybridized carbons (Fsp3) is 0.300. The van der Waals surface area contributed by atoms with Crippen LogP contribution >= 0.6 is 0 Å². The zero-order valence-electron chi connectivity index (χ0n) is 14.7. The van der Waals surface area contributed by atoms with E-state index in [1.165, 1.54) is 25.5 Å². The lowest BCUT2D eigenvalue weighted by Crippen LogP contribution is -2.43. The number of hydrogen-bond donors (Lipinski definition) is 2. The Labute approximate surface area is 159 Å². The number of carbonyl (C=O) groups excluding carboxylic acids is 2. The van der Waals surface area contributed by atoms with Crippen LogP contribution in [0.15, 0.2) is 47.8 Å². The molecule has 1 aliphatic carbocycles. The predicted molar refractivity (Wildman–Crippen MR) is 92.5 cm³/mol. The third-order valence-electron chi connectivity index (χ3n) is 5.66. The SMILES string of the molecule is COC(=O)C1=CO[C@@H]2O[C@H]3/C(=C/c4ccc(O)c(O)c4)C(=O)O[C@]34C=C[C@H]1[C@H]24. The summed E-state index contributed by atoms with van der Waals surface area (Å²) in [5.41, 5.74) is 0.0572. The molecule has 0 radical (unpaired) electrons. The number of phenolic OH excluding ortho intramolecular Hbond substituents is 2. The summed E-state index contributed by atoms with van der Waals surface area (Å²) in [5, 5.41) is 19.2. The molecule has 2 N–H and O–H groups in total. The van der Waals surface area contributed by atoms with E-state index in [4.69, 9.17) is 18.9 Å². The molecule has 1 spiro atoms. The molecule has 0 amide bonds. The fourth-order valence-corrected chi connectivity index (χ4v) is 4.41. The van der Waals surface area contributed by atoms with E-state index in [1.807, 2.05) is 6.08 Å². The minimum atomic E-state index is -1.06. The van der Waals surface area contributed by atoms with Crippen LogP contribution in [0.3, 0.4) is 0 Å². The van der Waals surface area contributed by atoms with Crippen LogP contribution in [0.1, 0.15) is 5.56 Å². The molecule has 3 heterocycles. The molecule has 0 bridgehead atoms. The Bertz CT molecular complexity index is 990. The van der Waals surface area contributed by atoms with E-state index in [0.717, 1.165) is 0 Å². The van der Waals surface area contributed by atoms with E-state index in [0.29, 0.717) is 11.1 Å². The molecule has 0 aromatic heterocycles. The average molecular weight is 384 g/mol. The first-order valence-electron chi connectivity index (χ1n) is 8.70. The number of phenols is 2. The molecule has 1 aromatic rings. The zero-order chi connectivity index (χ0) is 19.6. The van der Waals surface area contributed by atoms with Crippen LogP contribution in [-0.2, 0) is 28.5 Å². The maximum atomic E-state index is 12.6. The van der Waals surface area contributed by atoms with Crippen LogP contribution in [0.4, 0.5) is 0 Å². The molecular formula is C20H16O8. The second kappa shape index (κ2) is 5.62. The van der Waals surface area contributed by atoms with Crippen LogP contribution in [0.2, 0.25) is 0 Å². The summed E-state index contributed by atoms with van der Waals surface area (Å²) in [6.07, 6.45) is 5.06. The first-order chi connectivity index (χ1) is 13.4. The van der Waals surface area contributed by atoms with Gasteiger partial charge in [-0.25, -0.2) is 9.59 Å². The molecule has 144 valence electrons. The van der Waals surface area contributed by atoms with Gasteiger partial charge in [-0.05, 0) is 29.8 Å². The van der Waals surface area contributed by atoms with Gasteiger partial charge in [0.15, 0.2) is 17.1 Å². The van der Waals surface area contributed by atoms with E-state index >= 15 is 0 Å². The highest BCUT2D eigenvalue weighted by Gasteiger charge is 2.70. The molecule has 3 aliphatic heterocycles. The highest BCUT2D eigenvalue weighted by atomic mass is 16.7. The lowest BCUT2D eigenvalue weighted by molar-refractivity contribution is -0.152. The standard InChI is InChI=1S/C20H16O8/c1-25-17(23)12-8-26-19-15-10(12)4-5-20(15)16(27-19)11(18(24)28-20)6-9-2-3-13(21)14(22)7-9/h2-8,10,15-16,19,21-22H,1H3/b11-6-/t10-,15-,16+,19-,20+/m1/s1. The molecule has 5 atom stereocenters. The summed E-state index contributed by atoms with van der Waals surface area (Å²) in [7, 11) is 1.29. The van der Waals surface area contributed by atoms with Crippen molar-refractivity contribution in [2.75, 3.05) is 7.11 Å². The van der Waals surface area contributed by atoms with Gasteiger partial charge in [0.05, 0.1) is 30.4 Å². The first kappa shape index (κ1) is 16.9. The number of allylic oxidation sites excluding steroid dienone is 1. The van der Waals surface area contributed by atoms with Crippen LogP contribution in [0, 0.1) is 11.8 Å². The summed E-state index contributed by atoms with van der Waals surface area (Å²) < 4.78 is 22.1. The van der Waals surface area contributed by atoms with Crippen molar-refractivity contribution in [2.24, 2.45) is 11.8 Å². The van der Waals surface area contributed by atoms with Crippen molar-refractivity contribution in [3.63, 3.8) is 0 Å². The Balaban J connectivity index is 1.53. The summed E-state index contributed by atoms with van der Waals surface area (Å²) in [6.45, 7) is 0. The lowest BCUT2D eigenvalue weighted by Gasteiger charge is -2.32. The van der Waals surface area contributed by atoms with Crippen molar-refractivity contribution in [1.82, 2.24) is 0 Å². The maximum absolute atomic E-state index is 12.6. The van der Waals surface area contributed by atoms with Crippen LogP contribution in [-0.4, -0.2) is 47.3 Å². The Morgan fingerprint density at radius 2 is 2.11 bits per heavy atom. The average Bonchev–Trinajstić information content (AvgIpc) is 3.29. The normalized spacial score (nSPS) is 35.8. The lowest BCUT2D eigenvalue weighted by atomic mass is 9.78. The summed E-state index contributed by atoms with van der Waals surface area (Å²) >= 11 is 0. The van der Waals surface area contributed by atoms with Crippen LogP contribution < -0.4 is 0 Å². The van der Waals surface area contributed by atoms with E-state index in [2.05, 4.69) is 0 Å². The van der Waals surface area contributed by atoms with Crippen molar-refractivity contribution in [2.45, 2.75) is 18.0 Å². The van der Waals surface area contributed by atoms with Crippen molar-refractivity contribution >= 4 is 18.0 Å². The van der Waals surface area contributed by atoms with Gasteiger partial charge in [-0.2, -0.15) is 0 Å².